The largest absolute Gasteiger partial charge is 0.490 e. The van der Waals surface area contributed by atoms with Crippen LogP contribution in [0.1, 0.15) is 11.1 Å². The normalized spacial score (nSPS) is 11.3. The van der Waals surface area contributed by atoms with Crippen LogP contribution in [0.5, 0.6) is 11.5 Å². The molecule has 0 saturated carbocycles. The van der Waals surface area contributed by atoms with Crippen LogP contribution in [0, 0.1) is 6.92 Å². The smallest absolute Gasteiger partial charge is 0.157 e. The number of rotatable bonds is 11. The van der Waals surface area contributed by atoms with E-state index in [-0.39, 0.29) is 0 Å². The van der Waals surface area contributed by atoms with Gasteiger partial charge in [-0.05, 0) is 66.6 Å². The van der Waals surface area contributed by atoms with Crippen LogP contribution in [0.15, 0.2) is 73.1 Å². The van der Waals surface area contributed by atoms with Gasteiger partial charge in [-0.1, -0.05) is 12.1 Å². The molecule has 202 valence electrons. The topological polar surface area (TPSA) is 111 Å². The molecule has 9 nitrogen and oxygen atoms in total. The second kappa shape index (κ2) is 11.8. The maximum atomic E-state index is 5.75. The van der Waals surface area contributed by atoms with Gasteiger partial charge in [0.25, 0.3) is 0 Å². The number of nitrogens with one attached hydrogen (secondary N) is 2. The van der Waals surface area contributed by atoms with E-state index in [9.17, 15) is 0 Å². The van der Waals surface area contributed by atoms with Crippen molar-refractivity contribution in [2.24, 2.45) is 0 Å². The molecule has 0 aliphatic rings. The van der Waals surface area contributed by atoms with Gasteiger partial charge < -0.3 is 24.2 Å². The van der Waals surface area contributed by atoms with E-state index in [1.54, 1.807) is 12.4 Å². The van der Waals surface area contributed by atoms with Gasteiger partial charge in [0, 0.05) is 5.75 Å². The first-order chi connectivity index (χ1) is 19.6. The predicted molar refractivity (Wildman–Crippen MR) is 158 cm³/mol. The molecule has 0 aliphatic heterocycles. The lowest BCUT2D eigenvalue weighted by atomic mass is 10.2. The zero-order chi connectivity index (χ0) is 27.3. The summed E-state index contributed by atoms with van der Waals surface area (Å²) in [7, 11) is 0. The van der Waals surface area contributed by atoms with Gasteiger partial charge in [-0.25, -0.2) is 19.9 Å². The number of hydrogen-bond acceptors (Lipinski definition) is 8. The van der Waals surface area contributed by atoms with Crippen LogP contribution < -0.4 is 9.47 Å². The quantitative estimate of drug-likeness (QED) is 0.138. The van der Waals surface area contributed by atoms with E-state index in [1.165, 1.54) is 5.56 Å². The third kappa shape index (κ3) is 5.93. The Morgan fingerprint density at radius 1 is 0.675 bits per heavy atom. The minimum atomic E-state index is 0.408. The summed E-state index contributed by atoms with van der Waals surface area (Å²) in [6.45, 7) is 3.74. The molecule has 0 bridgehead atoms. The fourth-order valence-corrected chi connectivity index (χ4v) is 4.46. The molecule has 0 spiro atoms. The van der Waals surface area contributed by atoms with Crippen molar-refractivity contribution in [3.63, 3.8) is 0 Å². The molecule has 2 N–H and O–H groups in total. The zero-order valence-corrected chi connectivity index (χ0v) is 22.8. The summed E-state index contributed by atoms with van der Waals surface area (Å²) in [5.41, 5.74) is 7.59. The van der Waals surface area contributed by atoms with Crippen LogP contribution in [-0.4, -0.2) is 56.3 Å². The molecular formula is C30H28N6O3S. The number of nitrogens with zero attached hydrogens (tertiary/aromatic N) is 4. The highest BCUT2D eigenvalue weighted by atomic mass is 32.1. The Morgan fingerprint density at radius 3 is 1.80 bits per heavy atom. The molecule has 0 saturated heterocycles. The van der Waals surface area contributed by atoms with E-state index in [0.717, 1.165) is 50.7 Å². The number of aryl methyl sites for hydroxylation is 1. The maximum absolute atomic E-state index is 5.75. The number of aromatic nitrogens is 6. The molecule has 10 heteroatoms. The molecule has 4 aromatic heterocycles. The number of hydrogen-bond donors (Lipinski definition) is 3. The highest BCUT2D eigenvalue weighted by Crippen LogP contribution is 2.23. The highest BCUT2D eigenvalue weighted by Gasteiger charge is 2.09. The molecule has 6 aromatic rings. The van der Waals surface area contributed by atoms with Crippen molar-refractivity contribution >= 4 is 34.7 Å². The number of benzene rings is 2. The molecule has 6 rings (SSSR count). The van der Waals surface area contributed by atoms with Gasteiger partial charge in [0.05, 0.1) is 47.7 Å². The van der Waals surface area contributed by atoms with E-state index < -0.39 is 0 Å². The van der Waals surface area contributed by atoms with Gasteiger partial charge in [0.1, 0.15) is 36.1 Å². The number of thiol groups is 1. The zero-order valence-electron chi connectivity index (χ0n) is 21.9. The highest BCUT2D eigenvalue weighted by molar-refractivity contribution is 7.79. The molecular weight excluding hydrogens is 524 g/mol. The molecule has 2 aromatic carbocycles. The molecule has 0 aliphatic carbocycles. The van der Waals surface area contributed by atoms with Crippen LogP contribution in [0.3, 0.4) is 0 Å². The van der Waals surface area contributed by atoms with Gasteiger partial charge in [-0.3, -0.25) is 0 Å². The number of imidazole rings is 2. The van der Waals surface area contributed by atoms with Crippen molar-refractivity contribution in [1.82, 2.24) is 29.9 Å². The second-order valence-electron chi connectivity index (χ2n) is 9.27. The van der Waals surface area contributed by atoms with E-state index >= 15 is 0 Å². The van der Waals surface area contributed by atoms with E-state index in [0.29, 0.717) is 43.7 Å². The van der Waals surface area contributed by atoms with Gasteiger partial charge >= 0.3 is 0 Å². The van der Waals surface area contributed by atoms with Gasteiger partial charge in [-0.2, -0.15) is 12.6 Å². The Hall–Kier alpha value is -4.41. The first-order valence-corrected chi connectivity index (χ1v) is 13.6. The Balaban J connectivity index is 0.913. The average molecular weight is 553 g/mol. The monoisotopic (exact) mass is 552 g/mol. The predicted octanol–water partition coefficient (Wildman–Crippen LogP) is 5.78. The minimum absolute atomic E-state index is 0.408. The molecule has 0 radical (unpaired) electrons. The van der Waals surface area contributed by atoms with Crippen LogP contribution in [-0.2, 0) is 10.5 Å². The number of ether oxygens (including phenoxy) is 3. The van der Waals surface area contributed by atoms with Gasteiger partial charge in [-0.15, -0.1) is 0 Å². The molecule has 40 heavy (non-hydrogen) atoms. The summed E-state index contributed by atoms with van der Waals surface area (Å²) < 4.78 is 17.1. The summed E-state index contributed by atoms with van der Waals surface area (Å²) in [6.07, 6.45) is 3.38. The first-order valence-electron chi connectivity index (χ1n) is 13.0. The molecule has 4 heterocycles. The third-order valence-corrected chi connectivity index (χ3v) is 6.68. The summed E-state index contributed by atoms with van der Waals surface area (Å²) in [5.74, 6) is 3.47. The van der Waals surface area contributed by atoms with Crippen molar-refractivity contribution in [2.45, 2.75) is 12.7 Å². The molecule has 0 atom stereocenters. The summed E-state index contributed by atoms with van der Waals surface area (Å²) in [6, 6.07) is 19.7. The van der Waals surface area contributed by atoms with Crippen molar-refractivity contribution in [3.8, 4) is 34.5 Å². The molecule has 0 unspecified atom stereocenters. The van der Waals surface area contributed by atoms with Crippen molar-refractivity contribution in [2.75, 3.05) is 26.4 Å². The van der Waals surface area contributed by atoms with Crippen molar-refractivity contribution in [1.29, 1.82) is 0 Å². The summed E-state index contributed by atoms with van der Waals surface area (Å²) in [5, 5.41) is 0. The van der Waals surface area contributed by atoms with Gasteiger partial charge in [0.2, 0.25) is 0 Å². The van der Waals surface area contributed by atoms with Crippen LogP contribution >= 0.6 is 12.6 Å². The van der Waals surface area contributed by atoms with Crippen molar-refractivity contribution in [3.05, 3.63) is 84.2 Å². The number of fused-ring (bicyclic) bond motifs is 2. The Labute approximate surface area is 236 Å². The fraction of sp³-hybridized carbons (Fsp3) is 0.200. The SMILES string of the molecule is Cc1ccc2[nH]c(-c3ccc(OCCOCCOc4ccc(-c5nc6cc(CS)ccc6[nH]5)nc4)cn3)nc2c1. The van der Waals surface area contributed by atoms with Crippen LogP contribution in [0.25, 0.3) is 45.1 Å². The summed E-state index contributed by atoms with van der Waals surface area (Å²) >= 11 is 4.33. The van der Waals surface area contributed by atoms with E-state index in [1.807, 2.05) is 54.6 Å². The van der Waals surface area contributed by atoms with Crippen LogP contribution in [0.4, 0.5) is 0 Å². The standard InChI is InChI=1S/C30H28N6O3S/c1-19-2-6-23-27(14-19)35-29(33-23)25-8-4-21(16-31-25)38-12-10-37-11-13-39-22-5-9-26(32-17-22)30-34-24-7-3-20(18-40)15-28(24)36-30/h2-9,14-17,40H,10-13,18H2,1H3,(H,33,35)(H,34,36). The fourth-order valence-electron chi connectivity index (χ4n) is 4.26. The lowest BCUT2D eigenvalue weighted by Gasteiger charge is -2.09. The lowest BCUT2D eigenvalue weighted by molar-refractivity contribution is 0.0762. The van der Waals surface area contributed by atoms with Crippen molar-refractivity contribution < 1.29 is 14.2 Å². The Kier molecular flexibility index (Phi) is 7.60. The maximum Gasteiger partial charge on any atom is 0.157 e. The number of H-pyrrole nitrogens is 2. The number of aromatic amines is 2. The number of pyridine rings is 2. The second-order valence-corrected chi connectivity index (χ2v) is 9.58. The lowest BCUT2D eigenvalue weighted by Crippen LogP contribution is -2.12. The van der Waals surface area contributed by atoms with Gasteiger partial charge in [0.15, 0.2) is 11.6 Å². The minimum Gasteiger partial charge on any atom is -0.490 e. The molecule has 0 fully saturated rings. The Bertz CT molecular complexity index is 1730. The average Bonchev–Trinajstić information content (AvgIpc) is 3.61. The Morgan fingerprint density at radius 2 is 1.25 bits per heavy atom. The van der Waals surface area contributed by atoms with E-state index in [4.69, 9.17) is 14.2 Å². The first kappa shape index (κ1) is 25.8. The summed E-state index contributed by atoms with van der Waals surface area (Å²) in [4.78, 5) is 24.8. The third-order valence-electron chi connectivity index (χ3n) is 6.32. The van der Waals surface area contributed by atoms with Crippen LogP contribution in [0.2, 0.25) is 0 Å². The molecule has 0 amide bonds. The van der Waals surface area contributed by atoms with E-state index in [2.05, 4.69) is 55.5 Å².